The largest absolute Gasteiger partial charge is 0.379 e. The van der Waals surface area contributed by atoms with Crippen LogP contribution in [0.5, 0.6) is 0 Å². The van der Waals surface area contributed by atoms with Gasteiger partial charge in [0.05, 0.1) is 38.6 Å². The molecule has 4 heteroatoms. The molecule has 0 radical (unpaired) electrons. The summed E-state index contributed by atoms with van der Waals surface area (Å²) >= 11 is 0. The molecule has 0 saturated heterocycles. The molecule has 2 unspecified atom stereocenters. The summed E-state index contributed by atoms with van der Waals surface area (Å²) in [5.41, 5.74) is 0. The van der Waals surface area contributed by atoms with E-state index in [0.717, 1.165) is 19.6 Å². The van der Waals surface area contributed by atoms with Crippen LogP contribution in [0, 0.1) is 5.92 Å². The number of hydrogen-bond donors (Lipinski definition) is 0. The first-order valence-electron chi connectivity index (χ1n) is 6.35. The molecule has 2 atom stereocenters. The third-order valence-corrected chi connectivity index (χ3v) is 2.79. The molecule has 0 aliphatic heterocycles. The Balaban J connectivity index is 3.55. The molecule has 0 aliphatic carbocycles. The summed E-state index contributed by atoms with van der Waals surface area (Å²) < 4.78 is 21.4. The molecule has 0 spiro atoms. The van der Waals surface area contributed by atoms with Gasteiger partial charge in [0.2, 0.25) is 0 Å². The van der Waals surface area contributed by atoms with Crippen molar-refractivity contribution in [2.24, 2.45) is 5.92 Å². The first-order chi connectivity index (χ1) is 8.13. The average molecular weight is 248 g/mol. The topological polar surface area (TPSA) is 36.9 Å². The van der Waals surface area contributed by atoms with Crippen LogP contribution in [-0.4, -0.2) is 52.9 Å². The Morgan fingerprint density at radius 1 is 0.765 bits per heavy atom. The van der Waals surface area contributed by atoms with Crippen LogP contribution in [0.2, 0.25) is 0 Å². The van der Waals surface area contributed by atoms with Gasteiger partial charge in [0.1, 0.15) is 0 Å². The summed E-state index contributed by atoms with van der Waals surface area (Å²) in [5, 5.41) is 0. The summed E-state index contributed by atoms with van der Waals surface area (Å²) in [6.45, 7) is 8.88. The minimum atomic E-state index is 0.155. The molecule has 0 heterocycles. The van der Waals surface area contributed by atoms with E-state index in [1.807, 2.05) is 13.8 Å². The van der Waals surface area contributed by atoms with Crippen LogP contribution in [-0.2, 0) is 18.9 Å². The fourth-order valence-electron chi connectivity index (χ4n) is 1.22. The van der Waals surface area contributed by atoms with E-state index >= 15 is 0 Å². The van der Waals surface area contributed by atoms with Crippen molar-refractivity contribution in [3.8, 4) is 0 Å². The highest BCUT2D eigenvalue weighted by molar-refractivity contribution is 4.56. The van der Waals surface area contributed by atoms with E-state index in [1.165, 1.54) is 0 Å². The van der Waals surface area contributed by atoms with Crippen molar-refractivity contribution in [2.75, 3.05) is 40.6 Å². The zero-order chi connectivity index (χ0) is 13.1. The number of rotatable bonds is 11. The van der Waals surface area contributed by atoms with Gasteiger partial charge in [0.25, 0.3) is 0 Å². The van der Waals surface area contributed by atoms with Crippen molar-refractivity contribution in [1.29, 1.82) is 0 Å². The molecule has 0 amide bonds. The summed E-state index contributed by atoms with van der Waals surface area (Å²) in [5.74, 6) is 0.447. The van der Waals surface area contributed by atoms with Gasteiger partial charge in [-0.25, -0.2) is 0 Å². The lowest BCUT2D eigenvalue weighted by atomic mass is 10.1. The zero-order valence-corrected chi connectivity index (χ0v) is 11.9. The molecular weight excluding hydrogens is 220 g/mol. The molecule has 4 nitrogen and oxygen atoms in total. The smallest absolute Gasteiger partial charge is 0.0776 e. The Kier molecular flexibility index (Phi) is 10.9. The molecule has 104 valence electrons. The van der Waals surface area contributed by atoms with E-state index in [9.17, 15) is 0 Å². The first kappa shape index (κ1) is 16.8. The summed E-state index contributed by atoms with van der Waals surface area (Å²) in [7, 11) is 3.39. The quantitative estimate of drug-likeness (QED) is 0.561. The fraction of sp³-hybridized carbons (Fsp3) is 1.00. The molecular formula is C13H28O4. The van der Waals surface area contributed by atoms with E-state index in [0.29, 0.717) is 19.1 Å². The molecule has 0 N–H and O–H groups in total. The molecule has 0 aromatic heterocycles. The summed E-state index contributed by atoms with van der Waals surface area (Å²) in [6.07, 6.45) is 1.37. The predicted octanol–water partition coefficient (Wildman–Crippen LogP) is 2.12. The molecule has 17 heavy (non-hydrogen) atoms. The maximum atomic E-state index is 5.59. The van der Waals surface area contributed by atoms with Crippen LogP contribution in [0.4, 0.5) is 0 Å². The lowest BCUT2D eigenvalue weighted by molar-refractivity contribution is -0.0272. The Morgan fingerprint density at radius 3 is 1.47 bits per heavy atom. The molecule has 0 fully saturated rings. The Labute approximate surface area is 106 Å². The van der Waals surface area contributed by atoms with Gasteiger partial charge in [0, 0.05) is 20.1 Å². The number of ether oxygens (including phenoxy) is 4. The van der Waals surface area contributed by atoms with Crippen molar-refractivity contribution >= 4 is 0 Å². The van der Waals surface area contributed by atoms with Gasteiger partial charge in [-0.05, 0) is 20.3 Å². The van der Waals surface area contributed by atoms with Crippen LogP contribution in [0.1, 0.15) is 27.2 Å². The summed E-state index contributed by atoms with van der Waals surface area (Å²) in [4.78, 5) is 0. The maximum Gasteiger partial charge on any atom is 0.0776 e. The molecule has 0 aromatic carbocycles. The second-order valence-corrected chi connectivity index (χ2v) is 4.44. The van der Waals surface area contributed by atoms with Crippen LogP contribution in [0.15, 0.2) is 0 Å². The first-order valence-corrected chi connectivity index (χ1v) is 6.35. The van der Waals surface area contributed by atoms with Crippen molar-refractivity contribution in [2.45, 2.75) is 39.4 Å². The van der Waals surface area contributed by atoms with Crippen LogP contribution in [0.3, 0.4) is 0 Å². The van der Waals surface area contributed by atoms with Gasteiger partial charge in [-0.1, -0.05) is 6.92 Å². The van der Waals surface area contributed by atoms with Crippen molar-refractivity contribution < 1.29 is 18.9 Å². The minimum Gasteiger partial charge on any atom is -0.379 e. The highest BCUT2D eigenvalue weighted by atomic mass is 16.5. The monoisotopic (exact) mass is 248 g/mol. The second kappa shape index (κ2) is 11.0. The number of hydrogen-bond acceptors (Lipinski definition) is 4. The lowest BCUT2D eigenvalue weighted by Gasteiger charge is -2.18. The van der Waals surface area contributed by atoms with E-state index in [1.54, 1.807) is 14.2 Å². The van der Waals surface area contributed by atoms with Crippen LogP contribution >= 0.6 is 0 Å². The van der Waals surface area contributed by atoms with Gasteiger partial charge in [-0.2, -0.15) is 0 Å². The SMILES string of the molecule is CCC(COCC(C)OC)COCC(C)OC. The molecule has 0 aromatic rings. The Bertz CT molecular complexity index is 147. The standard InChI is InChI=1S/C13H28O4/c1-6-13(9-16-7-11(2)14-4)10-17-8-12(3)15-5/h11-13H,6-10H2,1-5H3. The average Bonchev–Trinajstić information content (AvgIpc) is 2.36. The third-order valence-electron chi connectivity index (χ3n) is 2.79. The molecule has 0 bridgehead atoms. The normalized spacial score (nSPS) is 16.8. The lowest BCUT2D eigenvalue weighted by Crippen LogP contribution is -2.22. The summed E-state index contributed by atoms with van der Waals surface area (Å²) in [6, 6.07) is 0. The minimum absolute atomic E-state index is 0.155. The maximum absolute atomic E-state index is 5.59. The van der Waals surface area contributed by atoms with Gasteiger partial charge in [0.15, 0.2) is 0 Å². The second-order valence-electron chi connectivity index (χ2n) is 4.44. The molecule has 0 rings (SSSR count). The van der Waals surface area contributed by atoms with E-state index < -0.39 is 0 Å². The fourth-order valence-corrected chi connectivity index (χ4v) is 1.22. The highest BCUT2D eigenvalue weighted by Crippen LogP contribution is 2.05. The van der Waals surface area contributed by atoms with Crippen molar-refractivity contribution in [3.05, 3.63) is 0 Å². The predicted molar refractivity (Wildman–Crippen MR) is 68.4 cm³/mol. The molecule has 0 saturated carbocycles. The molecule has 0 aliphatic rings. The van der Waals surface area contributed by atoms with E-state index in [2.05, 4.69) is 6.92 Å². The van der Waals surface area contributed by atoms with Gasteiger partial charge in [-0.15, -0.1) is 0 Å². The highest BCUT2D eigenvalue weighted by Gasteiger charge is 2.09. The Morgan fingerprint density at radius 2 is 1.18 bits per heavy atom. The van der Waals surface area contributed by atoms with Crippen molar-refractivity contribution in [3.63, 3.8) is 0 Å². The van der Waals surface area contributed by atoms with Gasteiger partial charge >= 0.3 is 0 Å². The van der Waals surface area contributed by atoms with Crippen LogP contribution in [0.25, 0.3) is 0 Å². The van der Waals surface area contributed by atoms with E-state index in [4.69, 9.17) is 18.9 Å². The van der Waals surface area contributed by atoms with Crippen LogP contribution < -0.4 is 0 Å². The van der Waals surface area contributed by atoms with Gasteiger partial charge in [-0.3, -0.25) is 0 Å². The van der Waals surface area contributed by atoms with Crippen molar-refractivity contribution in [1.82, 2.24) is 0 Å². The van der Waals surface area contributed by atoms with Gasteiger partial charge < -0.3 is 18.9 Å². The van der Waals surface area contributed by atoms with E-state index in [-0.39, 0.29) is 12.2 Å². The zero-order valence-electron chi connectivity index (χ0n) is 11.9. The Hall–Kier alpha value is -0.160. The third kappa shape index (κ3) is 9.53. The number of methoxy groups -OCH3 is 2.